The lowest BCUT2D eigenvalue weighted by molar-refractivity contribution is 0.102. The van der Waals surface area contributed by atoms with Crippen molar-refractivity contribution >= 4 is 22.9 Å². The fraction of sp³-hybridized carbons (Fsp3) is 0.286. The summed E-state index contributed by atoms with van der Waals surface area (Å²) in [5, 5.41) is 3.02. The van der Waals surface area contributed by atoms with Gasteiger partial charge in [-0.2, -0.15) is 0 Å². The monoisotopic (exact) mass is 351 g/mol. The molecule has 3 aromatic rings. The van der Waals surface area contributed by atoms with E-state index in [4.69, 9.17) is 4.74 Å². The number of nitrogens with zero attached hydrogens (tertiary/aromatic N) is 2. The van der Waals surface area contributed by atoms with E-state index < -0.39 is 0 Å². The zero-order valence-electron chi connectivity index (χ0n) is 15.7. The molecule has 0 saturated carbocycles. The van der Waals surface area contributed by atoms with Gasteiger partial charge in [-0.1, -0.05) is 12.1 Å². The molecule has 0 bridgehead atoms. The van der Waals surface area contributed by atoms with E-state index in [0.29, 0.717) is 12.2 Å². The number of methoxy groups -OCH3 is 1. The number of anilines is 2. The number of ether oxygens (including phenoxy) is 1. The average molecular weight is 351 g/mol. The fourth-order valence-corrected chi connectivity index (χ4v) is 2.94. The Morgan fingerprint density at radius 3 is 2.69 bits per heavy atom. The molecular weight excluding hydrogens is 326 g/mol. The van der Waals surface area contributed by atoms with E-state index >= 15 is 0 Å². The molecule has 0 aliphatic carbocycles. The molecule has 1 N–H and O–H groups in total. The number of hydrogen-bond donors (Lipinski definition) is 1. The smallest absolute Gasteiger partial charge is 0.257 e. The maximum atomic E-state index is 12.7. The van der Waals surface area contributed by atoms with Gasteiger partial charge in [0.1, 0.15) is 5.82 Å². The lowest BCUT2D eigenvalue weighted by Crippen LogP contribution is -2.23. The molecule has 1 aromatic carbocycles. The summed E-state index contributed by atoms with van der Waals surface area (Å²) in [5.41, 5.74) is 4.68. The van der Waals surface area contributed by atoms with Gasteiger partial charge in [-0.3, -0.25) is 4.79 Å². The van der Waals surface area contributed by atoms with Gasteiger partial charge in [0.15, 0.2) is 0 Å². The summed E-state index contributed by atoms with van der Waals surface area (Å²) in [7, 11) is 3.71. The summed E-state index contributed by atoms with van der Waals surface area (Å²) < 4.78 is 7.19. The van der Waals surface area contributed by atoms with Gasteiger partial charge in [-0.25, -0.2) is 0 Å². The van der Waals surface area contributed by atoms with Crippen LogP contribution in [0.5, 0.6) is 0 Å². The summed E-state index contributed by atoms with van der Waals surface area (Å²) in [6, 6.07) is 14.0. The maximum absolute atomic E-state index is 12.7. The highest BCUT2D eigenvalue weighted by Gasteiger charge is 2.12. The second-order valence-corrected chi connectivity index (χ2v) is 6.59. The van der Waals surface area contributed by atoms with Crippen LogP contribution in [0, 0.1) is 13.8 Å². The highest BCUT2D eigenvalue weighted by atomic mass is 16.5. The summed E-state index contributed by atoms with van der Waals surface area (Å²) in [4.78, 5) is 14.9. The second-order valence-electron chi connectivity index (χ2n) is 6.59. The zero-order chi connectivity index (χ0) is 18.7. The van der Waals surface area contributed by atoms with Gasteiger partial charge in [-0.05, 0) is 55.3 Å². The zero-order valence-corrected chi connectivity index (χ0v) is 15.7. The van der Waals surface area contributed by atoms with Crippen molar-refractivity contribution in [3.8, 4) is 0 Å². The topological polar surface area (TPSA) is 46.0 Å². The Morgan fingerprint density at radius 2 is 1.92 bits per heavy atom. The number of fused-ring (bicyclic) bond motifs is 1. The lowest BCUT2D eigenvalue weighted by Gasteiger charge is -2.19. The molecule has 1 amide bonds. The van der Waals surface area contributed by atoms with E-state index in [-0.39, 0.29) is 5.91 Å². The van der Waals surface area contributed by atoms with Crippen LogP contribution in [-0.2, 0) is 4.74 Å². The van der Waals surface area contributed by atoms with Gasteiger partial charge in [-0.15, -0.1) is 0 Å². The van der Waals surface area contributed by atoms with Crippen LogP contribution < -0.4 is 10.2 Å². The number of pyridine rings is 1. The Bertz CT molecular complexity index is 930. The minimum absolute atomic E-state index is 0.111. The molecule has 26 heavy (non-hydrogen) atoms. The van der Waals surface area contributed by atoms with E-state index in [1.54, 1.807) is 7.11 Å². The first-order valence-electron chi connectivity index (χ1n) is 8.69. The number of rotatable bonds is 6. The molecule has 0 atom stereocenters. The first kappa shape index (κ1) is 18.0. The first-order chi connectivity index (χ1) is 12.5. The molecular formula is C21H25N3O2. The molecule has 0 saturated heterocycles. The number of hydrogen-bond acceptors (Lipinski definition) is 3. The van der Waals surface area contributed by atoms with Crippen molar-refractivity contribution in [1.82, 2.24) is 4.40 Å². The fourth-order valence-electron chi connectivity index (χ4n) is 2.94. The summed E-state index contributed by atoms with van der Waals surface area (Å²) >= 11 is 0. The Labute approximate surface area is 154 Å². The van der Waals surface area contributed by atoms with Crippen molar-refractivity contribution in [2.75, 3.05) is 37.5 Å². The molecule has 2 aromatic heterocycles. The predicted octanol–water partition coefficient (Wildman–Crippen LogP) is 3.89. The molecule has 5 heteroatoms. The van der Waals surface area contributed by atoms with Gasteiger partial charge < -0.3 is 19.4 Å². The molecule has 0 unspecified atom stereocenters. The molecule has 0 fully saturated rings. The van der Waals surface area contributed by atoms with E-state index in [1.165, 1.54) is 0 Å². The first-order valence-corrected chi connectivity index (χ1v) is 8.69. The minimum Gasteiger partial charge on any atom is -0.383 e. The van der Waals surface area contributed by atoms with Gasteiger partial charge in [0.05, 0.1) is 12.2 Å². The van der Waals surface area contributed by atoms with Crippen LogP contribution >= 0.6 is 0 Å². The Morgan fingerprint density at radius 1 is 1.15 bits per heavy atom. The highest BCUT2D eigenvalue weighted by molar-refractivity contribution is 6.04. The minimum atomic E-state index is -0.111. The van der Waals surface area contributed by atoms with Crippen LogP contribution in [0.25, 0.3) is 5.52 Å². The third-order valence-electron chi connectivity index (χ3n) is 4.56. The lowest BCUT2D eigenvalue weighted by atomic mass is 10.1. The number of carbonyl (C=O) groups excluding carboxylic acids is 1. The van der Waals surface area contributed by atoms with Crippen LogP contribution in [0.3, 0.4) is 0 Å². The van der Waals surface area contributed by atoms with Crippen molar-refractivity contribution < 1.29 is 9.53 Å². The molecule has 0 spiro atoms. The highest BCUT2D eigenvalue weighted by Crippen LogP contribution is 2.21. The number of aryl methyl sites for hydroxylation is 2. The van der Waals surface area contributed by atoms with E-state index in [9.17, 15) is 4.79 Å². The quantitative estimate of drug-likeness (QED) is 0.733. The Balaban J connectivity index is 1.88. The standard InChI is InChI=1S/C21H25N3O2/c1-15-5-6-16(2)19(13-15)22-21(25)17-7-8-18-9-10-20(24(18)14-17)23(3)11-12-26-4/h5-10,13-14H,11-12H2,1-4H3,(H,22,25). The average Bonchev–Trinajstić information content (AvgIpc) is 3.06. The SMILES string of the molecule is COCCN(C)c1ccc2ccc(C(=O)Nc3cc(C)ccc3C)cn12. The van der Waals surface area contributed by atoms with Gasteiger partial charge in [0, 0.05) is 38.1 Å². The molecule has 5 nitrogen and oxygen atoms in total. The van der Waals surface area contributed by atoms with E-state index in [1.807, 2.05) is 67.9 Å². The second kappa shape index (κ2) is 7.62. The Hall–Kier alpha value is -2.79. The van der Waals surface area contributed by atoms with Crippen LogP contribution in [0.15, 0.2) is 48.7 Å². The van der Waals surface area contributed by atoms with E-state index in [0.717, 1.165) is 34.7 Å². The summed E-state index contributed by atoms with van der Waals surface area (Å²) in [5.74, 6) is 0.915. The molecule has 2 heterocycles. The van der Waals surface area contributed by atoms with Crippen LogP contribution in [0.2, 0.25) is 0 Å². The summed E-state index contributed by atoms with van der Waals surface area (Å²) in [6.07, 6.45) is 1.88. The summed E-state index contributed by atoms with van der Waals surface area (Å²) in [6.45, 7) is 5.44. The molecule has 3 rings (SSSR count). The third-order valence-corrected chi connectivity index (χ3v) is 4.56. The molecule has 136 valence electrons. The number of nitrogens with one attached hydrogen (secondary N) is 1. The number of benzene rings is 1. The van der Waals surface area contributed by atoms with Gasteiger partial charge >= 0.3 is 0 Å². The van der Waals surface area contributed by atoms with Crippen molar-refractivity contribution in [3.05, 3.63) is 65.4 Å². The van der Waals surface area contributed by atoms with Gasteiger partial charge in [0.2, 0.25) is 0 Å². The Kier molecular flexibility index (Phi) is 5.28. The van der Waals surface area contributed by atoms with Crippen LogP contribution in [-0.4, -0.2) is 37.6 Å². The number of likely N-dealkylation sites (N-methyl/N-ethyl adjacent to an activating group) is 1. The normalized spacial score (nSPS) is 10.9. The third kappa shape index (κ3) is 3.73. The van der Waals surface area contributed by atoms with Crippen LogP contribution in [0.4, 0.5) is 11.5 Å². The number of amides is 1. The van der Waals surface area contributed by atoms with E-state index in [2.05, 4.69) is 16.3 Å². The number of aromatic nitrogens is 1. The number of carbonyl (C=O) groups is 1. The van der Waals surface area contributed by atoms with Crippen molar-refractivity contribution in [1.29, 1.82) is 0 Å². The van der Waals surface area contributed by atoms with Crippen molar-refractivity contribution in [2.24, 2.45) is 0 Å². The molecule has 0 aliphatic rings. The maximum Gasteiger partial charge on any atom is 0.257 e. The molecule has 0 aliphatic heterocycles. The molecule has 0 radical (unpaired) electrons. The van der Waals surface area contributed by atoms with Crippen LogP contribution in [0.1, 0.15) is 21.5 Å². The van der Waals surface area contributed by atoms with Gasteiger partial charge in [0.25, 0.3) is 5.91 Å². The predicted molar refractivity (Wildman–Crippen MR) is 106 cm³/mol. The largest absolute Gasteiger partial charge is 0.383 e. The van der Waals surface area contributed by atoms with Crippen molar-refractivity contribution in [2.45, 2.75) is 13.8 Å². The van der Waals surface area contributed by atoms with Crippen molar-refractivity contribution in [3.63, 3.8) is 0 Å².